The van der Waals surface area contributed by atoms with E-state index >= 15 is 0 Å². The molecule has 3 N–H and O–H groups in total. The van der Waals surface area contributed by atoms with E-state index in [1.807, 2.05) is 30.3 Å². The number of hydrogen-bond acceptors (Lipinski definition) is 3. The lowest BCUT2D eigenvalue weighted by molar-refractivity contribution is -0.127. The van der Waals surface area contributed by atoms with Crippen molar-refractivity contribution in [3.63, 3.8) is 0 Å². The number of nitrogens with one attached hydrogen (secondary N) is 1. The number of carbonyl (C=O) groups is 2. The van der Waals surface area contributed by atoms with Crippen molar-refractivity contribution < 1.29 is 9.59 Å². The number of hydrogen-bond donors (Lipinski definition) is 2. The first-order valence-electron chi connectivity index (χ1n) is 8.54. The molecule has 1 saturated heterocycles. The minimum absolute atomic E-state index is 0.321. The van der Waals surface area contributed by atoms with Crippen LogP contribution in [0.15, 0.2) is 30.3 Å². The summed E-state index contributed by atoms with van der Waals surface area (Å²) in [5.41, 5.74) is 6.07. The van der Waals surface area contributed by atoms with Gasteiger partial charge in [0.05, 0.1) is 0 Å². The Morgan fingerprint density at radius 1 is 1.09 bits per heavy atom. The van der Waals surface area contributed by atoms with E-state index in [9.17, 15) is 9.59 Å². The van der Waals surface area contributed by atoms with Gasteiger partial charge in [0.1, 0.15) is 6.04 Å². The van der Waals surface area contributed by atoms with Crippen molar-refractivity contribution in [3.8, 4) is 0 Å². The number of piperidine rings is 1. The third kappa shape index (κ3) is 3.72. The van der Waals surface area contributed by atoms with E-state index in [1.54, 1.807) is 0 Å². The number of likely N-dealkylation sites (tertiary alicyclic amines) is 1. The Bertz CT molecular complexity index is 561. The van der Waals surface area contributed by atoms with E-state index in [0.717, 1.165) is 31.0 Å². The maximum Gasteiger partial charge on any atom is 0.318 e. The van der Waals surface area contributed by atoms with Gasteiger partial charge >= 0.3 is 6.03 Å². The lowest BCUT2D eigenvalue weighted by atomic mass is 9.74. The molecule has 0 radical (unpaired) electrons. The SMILES string of the molecule is NC(=O)NC(=O)[C@@H](c1ccccc1)N1CC[C@@H]2CCCC[C@@H]2C1. The summed E-state index contributed by atoms with van der Waals surface area (Å²) in [6, 6.07) is 8.44. The highest BCUT2D eigenvalue weighted by atomic mass is 16.2. The second-order valence-electron chi connectivity index (χ2n) is 6.75. The number of benzene rings is 1. The zero-order chi connectivity index (χ0) is 16.2. The van der Waals surface area contributed by atoms with E-state index < -0.39 is 12.1 Å². The summed E-state index contributed by atoms with van der Waals surface area (Å²) in [6.07, 6.45) is 6.34. The monoisotopic (exact) mass is 315 g/mol. The molecule has 3 atom stereocenters. The Hall–Kier alpha value is -1.88. The van der Waals surface area contributed by atoms with Crippen LogP contribution in [0.1, 0.15) is 43.7 Å². The molecule has 3 amide bonds. The second-order valence-corrected chi connectivity index (χ2v) is 6.75. The van der Waals surface area contributed by atoms with Gasteiger partial charge in [0, 0.05) is 6.54 Å². The molecular formula is C18H25N3O2. The number of rotatable bonds is 3. The highest BCUT2D eigenvalue weighted by Crippen LogP contribution is 2.38. The number of amides is 3. The van der Waals surface area contributed by atoms with Gasteiger partial charge in [-0.3, -0.25) is 15.0 Å². The fourth-order valence-electron chi connectivity index (χ4n) is 4.22. The average molecular weight is 315 g/mol. The molecule has 2 fully saturated rings. The molecule has 2 aliphatic rings. The van der Waals surface area contributed by atoms with E-state index in [4.69, 9.17) is 5.73 Å². The largest absolute Gasteiger partial charge is 0.351 e. The zero-order valence-electron chi connectivity index (χ0n) is 13.4. The van der Waals surface area contributed by atoms with Crippen molar-refractivity contribution in [2.45, 2.75) is 38.1 Å². The van der Waals surface area contributed by atoms with Crippen LogP contribution < -0.4 is 11.1 Å². The number of nitrogens with two attached hydrogens (primary N) is 1. The standard InChI is InChI=1S/C18H25N3O2/c19-18(23)20-17(22)16(14-7-2-1-3-8-14)21-11-10-13-6-4-5-9-15(13)12-21/h1-3,7-8,13,15-16H,4-6,9-12H2,(H3,19,20,22,23)/t13-,15+,16+/m0/s1. The van der Waals surface area contributed by atoms with Crippen molar-refractivity contribution in [2.75, 3.05) is 13.1 Å². The van der Waals surface area contributed by atoms with Gasteiger partial charge in [0.2, 0.25) is 5.91 Å². The van der Waals surface area contributed by atoms with Gasteiger partial charge in [0.25, 0.3) is 0 Å². The van der Waals surface area contributed by atoms with Crippen molar-refractivity contribution >= 4 is 11.9 Å². The molecule has 1 saturated carbocycles. The fourth-order valence-corrected chi connectivity index (χ4v) is 4.22. The fraction of sp³-hybridized carbons (Fsp3) is 0.556. The summed E-state index contributed by atoms with van der Waals surface area (Å²) in [7, 11) is 0. The van der Waals surface area contributed by atoms with Crippen LogP contribution in [0.5, 0.6) is 0 Å². The maximum atomic E-state index is 12.6. The highest BCUT2D eigenvalue weighted by Gasteiger charge is 2.37. The molecule has 5 nitrogen and oxygen atoms in total. The molecule has 0 aromatic heterocycles. The van der Waals surface area contributed by atoms with Crippen LogP contribution in [-0.4, -0.2) is 29.9 Å². The summed E-state index contributed by atoms with van der Waals surface area (Å²) in [5.74, 6) is 1.15. The number of nitrogens with zero attached hydrogens (tertiary/aromatic N) is 1. The van der Waals surface area contributed by atoms with Crippen LogP contribution in [0, 0.1) is 11.8 Å². The van der Waals surface area contributed by atoms with Gasteiger partial charge in [-0.15, -0.1) is 0 Å². The minimum Gasteiger partial charge on any atom is -0.351 e. The molecule has 0 bridgehead atoms. The number of imide groups is 1. The molecule has 0 unspecified atom stereocenters. The van der Waals surface area contributed by atoms with Crippen molar-refractivity contribution in [3.05, 3.63) is 35.9 Å². The third-order valence-electron chi connectivity index (χ3n) is 5.30. The Kier molecular flexibility index (Phi) is 4.96. The number of fused-ring (bicyclic) bond motifs is 1. The molecule has 0 spiro atoms. The Balaban J connectivity index is 1.80. The number of carbonyl (C=O) groups excluding carboxylic acids is 2. The number of primary amides is 1. The van der Waals surface area contributed by atoms with Gasteiger partial charge in [-0.1, -0.05) is 49.6 Å². The van der Waals surface area contributed by atoms with Gasteiger partial charge in [-0.2, -0.15) is 0 Å². The Labute approximate surface area is 137 Å². The van der Waals surface area contributed by atoms with E-state index in [2.05, 4.69) is 10.2 Å². The first-order valence-corrected chi connectivity index (χ1v) is 8.54. The van der Waals surface area contributed by atoms with Gasteiger partial charge in [-0.25, -0.2) is 4.79 Å². The topological polar surface area (TPSA) is 75.4 Å². The van der Waals surface area contributed by atoms with Gasteiger partial charge < -0.3 is 5.73 Å². The summed E-state index contributed by atoms with van der Waals surface area (Å²) in [4.78, 5) is 25.9. The van der Waals surface area contributed by atoms with Crippen LogP contribution >= 0.6 is 0 Å². The third-order valence-corrected chi connectivity index (χ3v) is 5.30. The van der Waals surface area contributed by atoms with Crippen molar-refractivity contribution in [2.24, 2.45) is 17.6 Å². The predicted molar refractivity (Wildman–Crippen MR) is 88.5 cm³/mol. The lowest BCUT2D eigenvalue weighted by Crippen LogP contribution is -2.49. The molecule has 124 valence electrons. The van der Waals surface area contributed by atoms with E-state index in [-0.39, 0.29) is 5.91 Å². The van der Waals surface area contributed by atoms with Crippen LogP contribution in [-0.2, 0) is 4.79 Å². The molecule has 3 rings (SSSR count). The predicted octanol–water partition coefficient (Wildman–Crippen LogP) is 2.43. The van der Waals surface area contributed by atoms with Crippen LogP contribution in [0.2, 0.25) is 0 Å². The molecule has 5 heteroatoms. The molecule has 1 aliphatic heterocycles. The van der Waals surface area contributed by atoms with Crippen molar-refractivity contribution in [1.29, 1.82) is 0 Å². The summed E-state index contributed by atoms with van der Waals surface area (Å²) in [5, 5.41) is 2.27. The number of urea groups is 1. The quantitative estimate of drug-likeness (QED) is 0.899. The van der Waals surface area contributed by atoms with Crippen LogP contribution in [0.3, 0.4) is 0 Å². The highest BCUT2D eigenvalue weighted by molar-refractivity contribution is 5.96. The molecule has 23 heavy (non-hydrogen) atoms. The van der Waals surface area contributed by atoms with Crippen LogP contribution in [0.4, 0.5) is 4.79 Å². The van der Waals surface area contributed by atoms with E-state index in [1.165, 1.54) is 25.7 Å². The first kappa shape index (κ1) is 16.0. The summed E-state index contributed by atoms with van der Waals surface area (Å²) in [6.45, 7) is 1.82. The van der Waals surface area contributed by atoms with Crippen molar-refractivity contribution in [1.82, 2.24) is 10.2 Å². The molecule has 1 aromatic rings. The van der Waals surface area contributed by atoms with Gasteiger partial charge in [0.15, 0.2) is 0 Å². The zero-order valence-corrected chi connectivity index (χ0v) is 13.4. The smallest absolute Gasteiger partial charge is 0.318 e. The van der Waals surface area contributed by atoms with E-state index in [0.29, 0.717) is 5.92 Å². The normalized spacial score (nSPS) is 26.1. The Morgan fingerprint density at radius 3 is 2.48 bits per heavy atom. The molecule has 1 heterocycles. The van der Waals surface area contributed by atoms with Gasteiger partial charge in [-0.05, 0) is 36.8 Å². The Morgan fingerprint density at radius 2 is 1.78 bits per heavy atom. The minimum atomic E-state index is -0.788. The molecule has 1 aliphatic carbocycles. The second kappa shape index (κ2) is 7.13. The summed E-state index contributed by atoms with van der Waals surface area (Å²) >= 11 is 0. The maximum absolute atomic E-state index is 12.6. The first-order chi connectivity index (χ1) is 11.1. The summed E-state index contributed by atoms with van der Waals surface area (Å²) < 4.78 is 0. The molecule has 1 aromatic carbocycles. The molecular weight excluding hydrogens is 290 g/mol. The lowest BCUT2D eigenvalue weighted by Gasteiger charge is -2.43. The average Bonchev–Trinajstić information content (AvgIpc) is 2.55. The van der Waals surface area contributed by atoms with Crippen LogP contribution in [0.25, 0.3) is 0 Å².